The Morgan fingerprint density at radius 1 is 0.553 bits per heavy atom. The average molecular weight is 493 g/mol. The van der Waals surface area contributed by atoms with Gasteiger partial charge >= 0.3 is 5.97 Å². The molecule has 182 valence electrons. The molecule has 4 nitrogen and oxygen atoms in total. The fraction of sp³-hybridized carbons (Fsp3) is 0.0294. The molecule has 1 unspecified atom stereocenters. The van der Waals surface area contributed by atoms with Crippen LogP contribution in [0.15, 0.2) is 133 Å². The van der Waals surface area contributed by atoms with Gasteiger partial charge in [-0.3, -0.25) is 0 Å². The zero-order valence-corrected chi connectivity index (χ0v) is 20.5. The Kier molecular flexibility index (Phi) is 5.30. The van der Waals surface area contributed by atoms with E-state index in [4.69, 9.17) is 4.74 Å². The maximum atomic E-state index is 12.7. The number of esters is 1. The lowest BCUT2D eigenvalue weighted by Gasteiger charge is -2.31. The van der Waals surface area contributed by atoms with Crippen molar-refractivity contribution in [3.63, 3.8) is 0 Å². The quantitative estimate of drug-likeness (QED) is 0.244. The monoisotopic (exact) mass is 492 g/mol. The summed E-state index contributed by atoms with van der Waals surface area (Å²) in [7, 11) is 0. The van der Waals surface area contributed by atoms with Crippen LogP contribution in [0.25, 0.3) is 21.5 Å². The van der Waals surface area contributed by atoms with Crippen LogP contribution in [0.1, 0.15) is 22.1 Å². The third-order valence-corrected chi connectivity index (χ3v) is 7.09. The molecule has 4 heteroatoms. The van der Waals surface area contributed by atoms with Crippen molar-refractivity contribution in [2.75, 3.05) is 10.2 Å². The van der Waals surface area contributed by atoms with Gasteiger partial charge in [-0.25, -0.2) is 4.79 Å². The number of anilines is 4. The SMILES string of the molecule is O=C1OC(N(c2ccc(Nc3ccc4ccccc4c3)cc2)c2ccc3ccccc3c2)c2ccccc21. The Hall–Kier alpha value is -5.09. The zero-order chi connectivity index (χ0) is 25.5. The second-order valence-corrected chi connectivity index (χ2v) is 9.48. The molecule has 0 saturated heterocycles. The number of rotatable bonds is 5. The Balaban J connectivity index is 1.27. The summed E-state index contributed by atoms with van der Waals surface area (Å²) >= 11 is 0. The van der Waals surface area contributed by atoms with Gasteiger partial charge in [-0.15, -0.1) is 0 Å². The number of carbonyl (C=O) groups is 1. The van der Waals surface area contributed by atoms with Gasteiger partial charge in [-0.1, -0.05) is 78.9 Å². The molecule has 1 aliphatic heterocycles. The molecule has 1 aliphatic rings. The Morgan fingerprint density at radius 3 is 1.89 bits per heavy atom. The average Bonchev–Trinajstić information content (AvgIpc) is 3.30. The summed E-state index contributed by atoms with van der Waals surface area (Å²) in [4.78, 5) is 14.8. The van der Waals surface area contributed by atoms with Crippen LogP contribution in [0.3, 0.4) is 0 Å². The van der Waals surface area contributed by atoms with Gasteiger partial charge in [0.1, 0.15) is 0 Å². The van der Waals surface area contributed by atoms with Crippen molar-refractivity contribution in [3.8, 4) is 0 Å². The normalized spacial score (nSPS) is 14.3. The van der Waals surface area contributed by atoms with Crippen molar-refractivity contribution >= 4 is 50.3 Å². The molecule has 1 N–H and O–H groups in total. The molecular formula is C34H24N2O2. The lowest BCUT2D eigenvalue weighted by molar-refractivity contribution is 0.0399. The van der Waals surface area contributed by atoms with Gasteiger partial charge in [0.2, 0.25) is 6.23 Å². The summed E-state index contributed by atoms with van der Waals surface area (Å²) in [6.45, 7) is 0. The van der Waals surface area contributed by atoms with Crippen LogP contribution in [0, 0.1) is 0 Å². The number of benzene rings is 6. The molecule has 0 spiro atoms. The lowest BCUT2D eigenvalue weighted by atomic mass is 10.1. The Bertz CT molecular complexity index is 1810. The van der Waals surface area contributed by atoms with Crippen molar-refractivity contribution in [1.82, 2.24) is 0 Å². The minimum absolute atomic E-state index is 0.300. The van der Waals surface area contributed by atoms with Gasteiger partial charge < -0.3 is 15.0 Å². The molecule has 6 aromatic rings. The first-order valence-corrected chi connectivity index (χ1v) is 12.7. The number of hydrogen-bond donors (Lipinski definition) is 1. The fourth-order valence-corrected chi connectivity index (χ4v) is 5.20. The number of nitrogens with one attached hydrogen (secondary N) is 1. The van der Waals surface area contributed by atoms with Crippen LogP contribution < -0.4 is 10.2 Å². The Labute approximate surface area is 220 Å². The minimum Gasteiger partial charge on any atom is -0.433 e. The van der Waals surface area contributed by atoms with Crippen LogP contribution in [-0.2, 0) is 4.74 Å². The van der Waals surface area contributed by atoms with E-state index in [1.54, 1.807) is 0 Å². The fourth-order valence-electron chi connectivity index (χ4n) is 5.20. The van der Waals surface area contributed by atoms with E-state index in [1.165, 1.54) is 10.8 Å². The predicted octanol–water partition coefficient (Wildman–Crippen LogP) is 8.74. The highest BCUT2D eigenvalue weighted by Gasteiger charge is 2.36. The number of nitrogens with zero attached hydrogens (tertiary/aromatic N) is 1. The van der Waals surface area contributed by atoms with E-state index in [-0.39, 0.29) is 5.97 Å². The molecule has 0 radical (unpaired) electrons. The summed E-state index contributed by atoms with van der Waals surface area (Å²) in [5.41, 5.74) is 5.36. The van der Waals surface area contributed by atoms with E-state index >= 15 is 0 Å². The maximum absolute atomic E-state index is 12.7. The van der Waals surface area contributed by atoms with E-state index in [9.17, 15) is 4.79 Å². The van der Waals surface area contributed by atoms with Crippen molar-refractivity contribution in [1.29, 1.82) is 0 Å². The van der Waals surface area contributed by atoms with Crippen LogP contribution in [0.5, 0.6) is 0 Å². The van der Waals surface area contributed by atoms with Gasteiger partial charge in [0.15, 0.2) is 0 Å². The summed E-state index contributed by atoms with van der Waals surface area (Å²) < 4.78 is 5.95. The molecule has 7 rings (SSSR count). The maximum Gasteiger partial charge on any atom is 0.340 e. The van der Waals surface area contributed by atoms with Gasteiger partial charge in [-0.2, -0.15) is 0 Å². The molecular weight excluding hydrogens is 468 g/mol. The molecule has 0 amide bonds. The molecule has 0 saturated carbocycles. The smallest absolute Gasteiger partial charge is 0.340 e. The summed E-state index contributed by atoms with van der Waals surface area (Å²) in [6, 6.07) is 45.2. The first kappa shape index (κ1) is 22.1. The number of carbonyl (C=O) groups excluding carboxylic acids is 1. The van der Waals surface area contributed by atoms with E-state index in [0.717, 1.165) is 39.1 Å². The molecule has 0 aromatic heterocycles. The van der Waals surface area contributed by atoms with Crippen molar-refractivity contribution < 1.29 is 9.53 Å². The number of cyclic esters (lactones) is 1. The molecule has 1 heterocycles. The topological polar surface area (TPSA) is 41.6 Å². The zero-order valence-electron chi connectivity index (χ0n) is 20.5. The second kappa shape index (κ2) is 9.09. The van der Waals surface area contributed by atoms with E-state index in [0.29, 0.717) is 5.56 Å². The third-order valence-electron chi connectivity index (χ3n) is 7.09. The molecule has 6 aromatic carbocycles. The number of fused-ring (bicyclic) bond motifs is 3. The van der Waals surface area contributed by atoms with Gasteiger partial charge in [-0.05, 0) is 76.1 Å². The molecule has 38 heavy (non-hydrogen) atoms. The summed E-state index contributed by atoms with van der Waals surface area (Å²) in [6.07, 6.45) is -0.556. The highest BCUT2D eigenvalue weighted by molar-refractivity contribution is 5.95. The van der Waals surface area contributed by atoms with Crippen LogP contribution in [0.2, 0.25) is 0 Å². The van der Waals surface area contributed by atoms with Crippen molar-refractivity contribution in [2.24, 2.45) is 0 Å². The van der Waals surface area contributed by atoms with E-state index in [2.05, 4.69) is 107 Å². The van der Waals surface area contributed by atoms with Crippen molar-refractivity contribution in [3.05, 3.63) is 145 Å². The first-order chi connectivity index (χ1) is 18.7. The van der Waals surface area contributed by atoms with Gasteiger partial charge in [0.25, 0.3) is 0 Å². The van der Waals surface area contributed by atoms with Crippen LogP contribution >= 0.6 is 0 Å². The number of hydrogen-bond acceptors (Lipinski definition) is 4. The van der Waals surface area contributed by atoms with Gasteiger partial charge in [0, 0.05) is 28.3 Å². The minimum atomic E-state index is -0.556. The molecule has 0 aliphatic carbocycles. The van der Waals surface area contributed by atoms with E-state index < -0.39 is 6.23 Å². The number of ether oxygens (including phenoxy) is 1. The molecule has 0 bridgehead atoms. The third kappa shape index (κ3) is 3.93. The van der Waals surface area contributed by atoms with E-state index in [1.807, 2.05) is 36.4 Å². The molecule has 0 fully saturated rings. The lowest BCUT2D eigenvalue weighted by Crippen LogP contribution is -2.24. The predicted molar refractivity (Wildman–Crippen MR) is 154 cm³/mol. The van der Waals surface area contributed by atoms with Crippen molar-refractivity contribution in [2.45, 2.75) is 6.23 Å². The Morgan fingerprint density at radius 2 is 1.13 bits per heavy atom. The van der Waals surface area contributed by atoms with Crippen LogP contribution in [-0.4, -0.2) is 5.97 Å². The first-order valence-electron chi connectivity index (χ1n) is 12.7. The summed E-state index contributed by atoms with van der Waals surface area (Å²) in [5, 5.41) is 8.21. The standard InChI is InChI=1S/C34H24N2O2/c37-34-32-12-6-5-11-31(32)33(38-34)36(30-18-14-24-8-2-4-10-26(24)22-30)29-19-16-27(17-20-29)35-28-15-13-23-7-1-3-9-25(23)21-28/h1-22,33,35H. The highest BCUT2D eigenvalue weighted by atomic mass is 16.6. The van der Waals surface area contributed by atoms with Crippen LogP contribution in [0.4, 0.5) is 22.7 Å². The van der Waals surface area contributed by atoms with Gasteiger partial charge in [0.05, 0.1) is 5.56 Å². The molecule has 1 atom stereocenters. The highest BCUT2D eigenvalue weighted by Crippen LogP contribution is 2.42. The second-order valence-electron chi connectivity index (χ2n) is 9.48. The summed E-state index contributed by atoms with van der Waals surface area (Å²) in [5.74, 6) is -0.300. The largest absolute Gasteiger partial charge is 0.433 e.